The van der Waals surface area contributed by atoms with Gasteiger partial charge >= 0.3 is 0 Å². The normalized spacial score (nSPS) is 10.2. The van der Waals surface area contributed by atoms with E-state index in [-0.39, 0.29) is 6.10 Å². The van der Waals surface area contributed by atoms with Crippen LogP contribution in [0.25, 0.3) is 0 Å². The number of hydrogen-bond donors (Lipinski definition) is 0. The number of rotatable bonds is 3. The van der Waals surface area contributed by atoms with Gasteiger partial charge in [-0.15, -0.1) is 0 Å². The summed E-state index contributed by atoms with van der Waals surface area (Å²) in [6, 6.07) is 5.66. The first-order valence-corrected chi connectivity index (χ1v) is 4.93. The molecule has 0 atom stereocenters. The summed E-state index contributed by atoms with van der Waals surface area (Å²) >= 11 is 3.41. The first kappa shape index (κ1) is 10.4. The van der Waals surface area contributed by atoms with E-state index in [9.17, 15) is 0 Å². The zero-order chi connectivity index (χ0) is 9.84. The highest BCUT2D eigenvalue weighted by molar-refractivity contribution is 9.10. The third kappa shape index (κ3) is 2.92. The van der Waals surface area contributed by atoms with Crippen LogP contribution < -0.4 is 9.47 Å². The molecule has 0 N–H and O–H groups in total. The van der Waals surface area contributed by atoms with E-state index in [4.69, 9.17) is 9.47 Å². The molecule has 0 radical (unpaired) electrons. The largest absolute Gasteiger partial charge is 0.497 e. The molecule has 0 amide bonds. The molecule has 0 heterocycles. The van der Waals surface area contributed by atoms with Crippen LogP contribution in [0, 0.1) is 0 Å². The molecule has 13 heavy (non-hydrogen) atoms. The molecular formula is C10H13BrO2. The van der Waals surface area contributed by atoms with Crippen LogP contribution in [0.3, 0.4) is 0 Å². The lowest BCUT2D eigenvalue weighted by Crippen LogP contribution is -2.05. The van der Waals surface area contributed by atoms with Crippen molar-refractivity contribution in [2.45, 2.75) is 20.0 Å². The van der Waals surface area contributed by atoms with Gasteiger partial charge in [-0.2, -0.15) is 0 Å². The van der Waals surface area contributed by atoms with Crippen molar-refractivity contribution < 1.29 is 9.47 Å². The second kappa shape index (κ2) is 4.51. The molecule has 2 nitrogen and oxygen atoms in total. The molecule has 0 unspecified atom stereocenters. The van der Waals surface area contributed by atoms with Gasteiger partial charge in [-0.25, -0.2) is 0 Å². The highest BCUT2D eigenvalue weighted by Crippen LogP contribution is 2.29. The minimum atomic E-state index is 0.170. The maximum Gasteiger partial charge on any atom is 0.137 e. The monoisotopic (exact) mass is 244 g/mol. The molecule has 0 fully saturated rings. The molecule has 1 aromatic carbocycles. The van der Waals surface area contributed by atoms with Crippen molar-refractivity contribution in [3.63, 3.8) is 0 Å². The van der Waals surface area contributed by atoms with Crippen molar-refractivity contribution >= 4 is 15.9 Å². The van der Waals surface area contributed by atoms with Crippen LogP contribution >= 0.6 is 15.9 Å². The van der Waals surface area contributed by atoms with Crippen LogP contribution in [0.15, 0.2) is 22.7 Å². The van der Waals surface area contributed by atoms with Crippen LogP contribution in [0.5, 0.6) is 11.5 Å². The van der Waals surface area contributed by atoms with Gasteiger partial charge in [0.2, 0.25) is 0 Å². The quantitative estimate of drug-likeness (QED) is 0.813. The van der Waals surface area contributed by atoms with Gasteiger partial charge in [-0.05, 0) is 41.9 Å². The van der Waals surface area contributed by atoms with E-state index in [0.29, 0.717) is 0 Å². The van der Waals surface area contributed by atoms with Gasteiger partial charge in [-0.1, -0.05) is 0 Å². The van der Waals surface area contributed by atoms with Crippen molar-refractivity contribution in [3.05, 3.63) is 22.7 Å². The second-order valence-electron chi connectivity index (χ2n) is 2.96. The number of halogens is 1. The average molecular weight is 245 g/mol. The molecule has 0 aliphatic rings. The molecule has 0 spiro atoms. The fourth-order valence-electron chi connectivity index (χ4n) is 0.955. The second-order valence-corrected chi connectivity index (χ2v) is 3.82. The van der Waals surface area contributed by atoms with Crippen molar-refractivity contribution in [1.82, 2.24) is 0 Å². The van der Waals surface area contributed by atoms with Gasteiger partial charge in [0.15, 0.2) is 0 Å². The van der Waals surface area contributed by atoms with Gasteiger partial charge in [0, 0.05) is 6.07 Å². The summed E-state index contributed by atoms with van der Waals surface area (Å²) in [7, 11) is 1.64. The standard InChI is InChI=1S/C10H13BrO2/c1-7(2)13-10-6-8(12-3)4-5-9(10)11/h4-7H,1-3H3. The van der Waals surface area contributed by atoms with Crippen LogP contribution in [-0.4, -0.2) is 13.2 Å². The predicted octanol–water partition coefficient (Wildman–Crippen LogP) is 3.24. The van der Waals surface area contributed by atoms with Gasteiger partial charge in [-0.3, -0.25) is 0 Å². The fourth-order valence-corrected chi connectivity index (χ4v) is 1.29. The third-order valence-corrected chi connectivity index (χ3v) is 2.16. The molecule has 0 saturated heterocycles. The Labute approximate surface area is 87.0 Å². The number of benzene rings is 1. The molecule has 0 aliphatic carbocycles. The Morgan fingerprint density at radius 3 is 2.54 bits per heavy atom. The first-order valence-electron chi connectivity index (χ1n) is 4.13. The average Bonchev–Trinajstić information content (AvgIpc) is 2.08. The van der Waals surface area contributed by atoms with E-state index in [2.05, 4.69) is 15.9 Å². The summed E-state index contributed by atoms with van der Waals surface area (Å²) < 4.78 is 11.6. The smallest absolute Gasteiger partial charge is 0.137 e. The summed E-state index contributed by atoms with van der Waals surface area (Å²) in [4.78, 5) is 0. The molecular weight excluding hydrogens is 232 g/mol. The number of methoxy groups -OCH3 is 1. The Bertz CT molecular complexity index is 284. The first-order chi connectivity index (χ1) is 6.13. The lowest BCUT2D eigenvalue weighted by Gasteiger charge is -2.12. The lowest BCUT2D eigenvalue weighted by molar-refractivity contribution is 0.239. The summed E-state index contributed by atoms with van der Waals surface area (Å²) in [6.45, 7) is 3.98. The topological polar surface area (TPSA) is 18.5 Å². The van der Waals surface area contributed by atoms with Crippen LogP contribution in [0.2, 0.25) is 0 Å². The van der Waals surface area contributed by atoms with Crippen LogP contribution in [-0.2, 0) is 0 Å². The van der Waals surface area contributed by atoms with Gasteiger partial charge in [0.05, 0.1) is 17.7 Å². The summed E-state index contributed by atoms with van der Waals surface area (Å²) in [5, 5.41) is 0. The van der Waals surface area contributed by atoms with Crippen molar-refractivity contribution in [3.8, 4) is 11.5 Å². The highest BCUT2D eigenvalue weighted by atomic mass is 79.9. The molecule has 0 aromatic heterocycles. The van der Waals surface area contributed by atoms with E-state index in [1.165, 1.54) is 0 Å². The zero-order valence-corrected chi connectivity index (χ0v) is 9.59. The fraction of sp³-hybridized carbons (Fsp3) is 0.400. The van der Waals surface area contributed by atoms with Crippen molar-refractivity contribution in [1.29, 1.82) is 0 Å². The molecule has 0 saturated carbocycles. The Morgan fingerprint density at radius 2 is 2.00 bits per heavy atom. The SMILES string of the molecule is COc1ccc(Br)c(OC(C)C)c1. The van der Waals surface area contributed by atoms with E-state index in [0.717, 1.165) is 16.0 Å². The Balaban J connectivity index is 2.90. The van der Waals surface area contributed by atoms with E-state index >= 15 is 0 Å². The molecule has 0 bridgehead atoms. The molecule has 72 valence electrons. The maximum absolute atomic E-state index is 5.56. The minimum Gasteiger partial charge on any atom is -0.497 e. The number of hydrogen-bond acceptors (Lipinski definition) is 2. The number of ether oxygens (including phenoxy) is 2. The lowest BCUT2D eigenvalue weighted by atomic mass is 10.3. The van der Waals surface area contributed by atoms with Gasteiger partial charge in [0.25, 0.3) is 0 Å². The van der Waals surface area contributed by atoms with Gasteiger partial charge in [0.1, 0.15) is 11.5 Å². The third-order valence-electron chi connectivity index (χ3n) is 1.50. The van der Waals surface area contributed by atoms with Gasteiger partial charge < -0.3 is 9.47 Å². The Morgan fingerprint density at radius 1 is 1.31 bits per heavy atom. The van der Waals surface area contributed by atoms with E-state index < -0.39 is 0 Å². The highest BCUT2D eigenvalue weighted by Gasteiger charge is 2.04. The summed E-state index contributed by atoms with van der Waals surface area (Å²) in [5.74, 6) is 1.62. The van der Waals surface area contributed by atoms with Crippen molar-refractivity contribution in [2.24, 2.45) is 0 Å². The van der Waals surface area contributed by atoms with Crippen LogP contribution in [0.4, 0.5) is 0 Å². The minimum absolute atomic E-state index is 0.170. The molecule has 0 aliphatic heterocycles. The van der Waals surface area contributed by atoms with E-state index in [1.54, 1.807) is 7.11 Å². The molecule has 1 aromatic rings. The van der Waals surface area contributed by atoms with Crippen LogP contribution in [0.1, 0.15) is 13.8 Å². The summed E-state index contributed by atoms with van der Waals surface area (Å²) in [5.41, 5.74) is 0. The summed E-state index contributed by atoms with van der Waals surface area (Å²) in [6.07, 6.45) is 0.170. The van der Waals surface area contributed by atoms with E-state index in [1.807, 2.05) is 32.0 Å². The Hall–Kier alpha value is -0.700. The predicted molar refractivity (Wildman–Crippen MR) is 56.5 cm³/mol. The molecule has 3 heteroatoms. The Kier molecular flexibility index (Phi) is 3.60. The maximum atomic E-state index is 5.56. The molecule has 1 rings (SSSR count). The van der Waals surface area contributed by atoms with Crippen molar-refractivity contribution in [2.75, 3.05) is 7.11 Å². The zero-order valence-electron chi connectivity index (χ0n) is 8.00.